The number of benzene rings is 2. The molecule has 28 heavy (non-hydrogen) atoms. The molecule has 144 valence electrons. The predicted octanol–water partition coefficient (Wildman–Crippen LogP) is 2.86. The standard InChI is InChI=1S/C21H19FN2O4/c1-28-7-6-23-21(27)18-10-15(12-25)20(26)19-17(18)9-14(11-24-19)8-13-2-4-16(22)5-3-13/h2-5,9-12,26H,6-8H2,1H3,(H,23,27). The van der Waals surface area contributed by atoms with E-state index < -0.39 is 5.91 Å². The van der Waals surface area contributed by atoms with Crippen LogP contribution in [0.3, 0.4) is 0 Å². The number of nitrogens with zero attached hydrogens (tertiary/aromatic N) is 1. The molecule has 3 rings (SSSR count). The van der Waals surface area contributed by atoms with E-state index in [0.717, 1.165) is 11.1 Å². The van der Waals surface area contributed by atoms with Gasteiger partial charge in [-0.1, -0.05) is 12.1 Å². The maximum atomic E-state index is 13.1. The van der Waals surface area contributed by atoms with Gasteiger partial charge in [-0.15, -0.1) is 0 Å². The van der Waals surface area contributed by atoms with Crippen LogP contribution < -0.4 is 5.32 Å². The number of nitrogens with one attached hydrogen (secondary N) is 1. The van der Waals surface area contributed by atoms with E-state index >= 15 is 0 Å². The van der Waals surface area contributed by atoms with E-state index in [1.165, 1.54) is 25.3 Å². The summed E-state index contributed by atoms with van der Waals surface area (Å²) in [5.74, 6) is -0.987. The molecule has 0 unspecified atom stereocenters. The van der Waals surface area contributed by atoms with Crippen molar-refractivity contribution in [3.8, 4) is 5.75 Å². The number of methoxy groups -OCH3 is 1. The van der Waals surface area contributed by atoms with Gasteiger partial charge in [0.2, 0.25) is 0 Å². The number of phenolic OH excluding ortho intramolecular Hbond substituents is 1. The second-order valence-corrected chi connectivity index (χ2v) is 6.27. The number of aromatic nitrogens is 1. The Kier molecular flexibility index (Phi) is 5.96. The first-order valence-corrected chi connectivity index (χ1v) is 8.65. The second kappa shape index (κ2) is 8.58. The fraction of sp³-hybridized carbons (Fsp3) is 0.190. The van der Waals surface area contributed by atoms with Crippen molar-refractivity contribution in [1.82, 2.24) is 10.3 Å². The second-order valence-electron chi connectivity index (χ2n) is 6.27. The van der Waals surface area contributed by atoms with Crippen LogP contribution in [-0.4, -0.2) is 42.5 Å². The molecule has 0 radical (unpaired) electrons. The molecule has 0 spiro atoms. The van der Waals surface area contributed by atoms with Gasteiger partial charge in [0.1, 0.15) is 11.3 Å². The van der Waals surface area contributed by atoms with E-state index in [2.05, 4.69) is 10.3 Å². The first-order chi connectivity index (χ1) is 13.5. The molecule has 0 aliphatic rings. The molecule has 0 saturated carbocycles. The van der Waals surface area contributed by atoms with Gasteiger partial charge in [0.25, 0.3) is 5.91 Å². The highest BCUT2D eigenvalue weighted by Gasteiger charge is 2.18. The van der Waals surface area contributed by atoms with E-state index in [9.17, 15) is 19.1 Å². The summed E-state index contributed by atoms with van der Waals surface area (Å²) in [7, 11) is 1.53. The fourth-order valence-electron chi connectivity index (χ4n) is 2.91. The lowest BCUT2D eigenvalue weighted by atomic mass is 9.99. The molecule has 1 amide bonds. The number of ether oxygens (including phenoxy) is 1. The zero-order valence-corrected chi connectivity index (χ0v) is 15.2. The third-order valence-corrected chi connectivity index (χ3v) is 4.32. The van der Waals surface area contributed by atoms with Crippen molar-refractivity contribution in [2.45, 2.75) is 6.42 Å². The lowest BCUT2D eigenvalue weighted by Crippen LogP contribution is -2.27. The number of amides is 1. The van der Waals surface area contributed by atoms with Gasteiger partial charge in [0.05, 0.1) is 12.2 Å². The molecule has 0 saturated heterocycles. The van der Waals surface area contributed by atoms with Gasteiger partial charge in [0.15, 0.2) is 12.0 Å². The van der Waals surface area contributed by atoms with Crippen LogP contribution in [0, 0.1) is 5.82 Å². The Bertz CT molecular complexity index is 1020. The molecule has 0 fully saturated rings. The zero-order valence-electron chi connectivity index (χ0n) is 15.2. The first-order valence-electron chi connectivity index (χ1n) is 8.65. The highest BCUT2D eigenvalue weighted by molar-refractivity contribution is 6.10. The van der Waals surface area contributed by atoms with Gasteiger partial charge in [0, 0.05) is 30.8 Å². The summed E-state index contributed by atoms with van der Waals surface area (Å²) < 4.78 is 18.0. The Balaban J connectivity index is 2.03. The number of aromatic hydroxyl groups is 1. The third kappa shape index (κ3) is 4.15. The number of carbonyl (C=O) groups is 2. The predicted molar refractivity (Wildman–Crippen MR) is 102 cm³/mol. The van der Waals surface area contributed by atoms with Gasteiger partial charge in [-0.2, -0.15) is 0 Å². The number of hydrogen-bond acceptors (Lipinski definition) is 5. The molecule has 1 heterocycles. The molecule has 0 atom stereocenters. The van der Waals surface area contributed by atoms with Crippen molar-refractivity contribution in [3.05, 3.63) is 70.7 Å². The number of hydrogen-bond donors (Lipinski definition) is 2. The van der Waals surface area contributed by atoms with Crippen LogP contribution in [0.2, 0.25) is 0 Å². The maximum absolute atomic E-state index is 13.1. The van der Waals surface area contributed by atoms with Crippen LogP contribution in [0.25, 0.3) is 10.9 Å². The Hall–Kier alpha value is -3.32. The number of rotatable bonds is 7. The average molecular weight is 382 g/mol. The Morgan fingerprint density at radius 3 is 2.68 bits per heavy atom. The quantitative estimate of drug-likeness (QED) is 0.485. The van der Waals surface area contributed by atoms with Crippen molar-refractivity contribution in [1.29, 1.82) is 0 Å². The number of fused-ring (bicyclic) bond motifs is 1. The summed E-state index contributed by atoms with van der Waals surface area (Å²) >= 11 is 0. The van der Waals surface area contributed by atoms with Crippen molar-refractivity contribution in [2.24, 2.45) is 0 Å². The van der Waals surface area contributed by atoms with Gasteiger partial charge < -0.3 is 15.2 Å². The van der Waals surface area contributed by atoms with Crippen LogP contribution in [0.4, 0.5) is 4.39 Å². The maximum Gasteiger partial charge on any atom is 0.252 e. The number of pyridine rings is 1. The Morgan fingerprint density at radius 2 is 2.00 bits per heavy atom. The molecular formula is C21H19FN2O4. The molecule has 2 aromatic carbocycles. The SMILES string of the molecule is COCCNC(=O)c1cc(C=O)c(O)c2ncc(Cc3ccc(F)cc3)cc12. The van der Waals surface area contributed by atoms with Crippen LogP contribution in [0.15, 0.2) is 42.6 Å². The molecular weight excluding hydrogens is 363 g/mol. The van der Waals surface area contributed by atoms with Crippen LogP contribution in [-0.2, 0) is 11.2 Å². The normalized spacial score (nSPS) is 10.8. The summed E-state index contributed by atoms with van der Waals surface area (Å²) in [5, 5.41) is 13.4. The lowest BCUT2D eigenvalue weighted by molar-refractivity contribution is 0.0938. The summed E-state index contributed by atoms with van der Waals surface area (Å²) in [4.78, 5) is 28.1. The zero-order chi connectivity index (χ0) is 20.1. The summed E-state index contributed by atoms with van der Waals surface area (Å²) in [6.45, 7) is 0.646. The van der Waals surface area contributed by atoms with E-state index in [-0.39, 0.29) is 28.2 Å². The molecule has 2 N–H and O–H groups in total. The number of carbonyl (C=O) groups excluding carboxylic acids is 2. The highest BCUT2D eigenvalue weighted by atomic mass is 19.1. The monoisotopic (exact) mass is 382 g/mol. The summed E-state index contributed by atoms with van der Waals surface area (Å²) in [6.07, 6.45) is 2.52. The molecule has 6 nitrogen and oxygen atoms in total. The number of halogens is 1. The molecule has 0 aliphatic heterocycles. The first kappa shape index (κ1) is 19.4. The minimum Gasteiger partial charge on any atom is -0.505 e. The molecule has 0 bridgehead atoms. The average Bonchev–Trinajstić information content (AvgIpc) is 2.70. The highest BCUT2D eigenvalue weighted by Crippen LogP contribution is 2.30. The molecule has 7 heteroatoms. The molecule has 3 aromatic rings. The van der Waals surface area contributed by atoms with Crippen molar-refractivity contribution < 1.29 is 23.8 Å². The van der Waals surface area contributed by atoms with Gasteiger partial charge in [-0.05, 0) is 41.8 Å². The Morgan fingerprint density at radius 1 is 1.25 bits per heavy atom. The summed E-state index contributed by atoms with van der Waals surface area (Å²) in [5.41, 5.74) is 2.05. The minimum atomic E-state index is -0.397. The van der Waals surface area contributed by atoms with Crippen molar-refractivity contribution >= 4 is 23.1 Å². The molecule has 1 aromatic heterocycles. The minimum absolute atomic E-state index is 0.0109. The Labute approximate surface area is 161 Å². The van der Waals surface area contributed by atoms with E-state index in [1.807, 2.05) is 0 Å². The number of aldehydes is 1. The van der Waals surface area contributed by atoms with Gasteiger partial charge in [-0.3, -0.25) is 14.6 Å². The van der Waals surface area contributed by atoms with Crippen LogP contribution >= 0.6 is 0 Å². The molecule has 0 aliphatic carbocycles. The third-order valence-electron chi connectivity index (χ3n) is 4.32. The van der Waals surface area contributed by atoms with Gasteiger partial charge >= 0.3 is 0 Å². The van der Waals surface area contributed by atoms with Crippen molar-refractivity contribution in [3.63, 3.8) is 0 Å². The van der Waals surface area contributed by atoms with E-state index in [1.54, 1.807) is 24.4 Å². The summed E-state index contributed by atoms with van der Waals surface area (Å²) in [6, 6.07) is 9.18. The number of phenols is 1. The smallest absolute Gasteiger partial charge is 0.252 e. The van der Waals surface area contributed by atoms with E-state index in [4.69, 9.17) is 4.74 Å². The van der Waals surface area contributed by atoms with E-state index in [0.29, 0.717) is 31.2 Å². The van der Waals surface area contributed by atoms with Crippen molar-refractivity contribution in [2.75, 3.05) is 20.3 Å². The largest absolute Gasteiger partial charge is 0.505 e. The van der Waals surface area contributed by atoms with Crippen LogP contribution in [0.5, 0.6) is 5.75 Å². The van der Waals surface area contributed by atoms with Crippen LogP contribution in [0.1, 0.15) is 31.8 Å². The van der Waals surface area contributed by atoms with Gasteiger partial charge in [-0.25, -0.2) is 4.39 Å². The lowest BCUT2D eigenvalue weighted by Gasteiger charge is -2.12. The topological polar surface area (TPSA) is 88.5 Å². The fourth-order valence-corrected chi connectivity index (χ4v) is 2.91.